The molecule has 0 atom stereocenters. The Balaban J connectivity index is 2.40. The normalized spacial score (nSPS) is 15.0. The standard InChI is InChI=1S/C12H11F2NO/c13-9-5-8(11(15)6-10(9)14)12(16)7-3-1-2-4-7/h3,5-6H,1-2,4,15H2. The number of anilines is 1. The van der Waals surface area contributed by atoms with E-state index in [1.54, 1.807) is 0 Å². The highest BCUT2D eigenvalue weighted by molar-refractivity contribution is 6.12. The van der Waals surface area contributed by atoms with Crippen LogP contribution in [0.4, 0.5) is 14.5 Å². The van der Waals surface area contributed by atoms with Crippen LogP contribution in [0, 0.1) is 11.6 Å². The predicted molar refractivity (Wildman–Crippen MR) is 57.0 cm³/mol. The molecule has 0 radical (unpaired) electrons. The zero-order valence-corrected chi connectivity index (χ0v) is 8.59. The highest BCUT2D eigenvalue weighted by atomic mass is 19.2. The Morgan fingerprint density at radius 1 is 1.25 bits per heavy atom. The van der Waals surface area contributed by atoms with E-state index in [9.17, 15) is 13.6 Å². The van der Waals surface area contributed by atoms with E-state index in [4.69, 9.17) is 5.73 Å². The van der Waals surface area contributed by atoms with Gasteiger partial charge in [0, 0.05) is 17.3 Å². The fraction of sp³-hybridized carbons (Fsp3) is 0.250. The van der Waals surface area contributed by atoms with Gasteiger partial charge in [0.15, 0.2) is 17.4 Å². The molecule has 1 aromatic carbocycles. The zero-order chi connectivity index (χ0) is 11.7. The Hall–Kier alpha value is -1.71. The lowest BCUT2D eigenvalue weighted by molar-refractivity contribution is 0.103. The van der Waals surface area contributed by atoms with Gasteiger partial charge in [-0.3, -0.25) is 4.79 Å². The number of ketones is 1. The summed E-state index contributed by atoms with van der Waals surface area (Å²) in [6, 6.07) is 1.71. The van der Waals surface area contributed by atoms with Crippen molar-refractivity contribution in [1.82, 2.24) is 0 Å². The number of carbonyl (C=O) groups is 1. The van der Waals surface area contributed by atoms with Crippen LogP contribution >= 0.6 is 0 Å². The summed E-state index contributed by atoms with van der Waals surface area (Å²) in [4.78, 5) is 11.9. The van der Waals surface area contributed by atoms with Gasteiger partial charge in [-0.05, 0) is 30.9 Å². The Kier molecular flexibility index (Phi) is 2.73. The van der Waals surface area contributed by atoms with Crippen LogP contribution in [0.2, 0.25) is 0 Å². The number of rotatable bonds is 2. The number of carbonyl (C=O) groups excluding carboxylic acids is 1. The van der Waals surface area contributed by atoms with Crippen molar-refractivity contribution >= 4 is 11.5 Å². The molecule has 0 heterocycles. The van der Waals surface area contributed by atoms with E-state index >= 15 is 0 Å². The second kappa shape index (κ2) is 4.04. The molecule has 2 rings (SSSR count). The molecule has 0 aromatic heterocycles. The van der Waals surface area contributed by atoms with E-state index in [0.717, 1.165) is 25.0 Å². The van der Waals surface area contributed by atoms with Crippen LogP contribution in [0.15, 0.2) is 23.8 Å². The van der Waals surface area contributed by atoms with Crippen molar-refractivity contribution in [2.24, 2.45) is 0 Å². The number of hydrogen-bond acceptors (Lipinski definition) is 2. The number of allylic oxidation sites excluding steroid dienone is 2. The van der Waals surface area contributed by atoms with Crippen molar-refractivity contribution in [3.8, 4) is 0 Å². The van der Waals surface area contributed by atoms with Gasteiger partial charge in [-0.1, -0.05) is 6.08 Å². The number of Topliss-reactive ketones (excluding diaryl/α,β-unsaturated/α-hetero) is 1. The Labute approximate surface area is 91.8 Å². The minimum Gasteiger partial charge on any atom is -0.398 e. The maximum absolute atomic E-state index is 13.0. The maximum atomic E-state index is 13.0. The van der Waals surface area contributed by atoms with E-state index in [0.29, 0.717) is 12.0 Å². The number of nitrogens with two attached hydrogens (primary N) is 1. The van der Waals surface area contributed by atoms with Crippen molar-refractivity contribution in [1.29, 1.82) is 0 Å². The van der Waals surface area contributed by atoms with Gasteiger partial charge in [0.2, 0.25) is 0 Å². The predicted octanol–water partition coefficient (Wildman–Crippen LogP) is 2.84. The minimum atomic E-state index is -1.05. The van der Waals surface area contributed by atoms with Crippen molar-refractivity contribution in [2.75, 3.05) is 5.73 Å². The van der Waals surface area contributed by atoms with Crippen molar-refractivity contribution in [2.45, 2.75) is 19.3 Å². The van der Waals surface area contributed by atoms with Gasteiger partial charge in [-0.2, -0.15) is 0 Å². The van der Waals surface area contributed by atoms with Gasteiger partial charge < -0.3 is 5.73 Å². The van der Waals surface area contributed by atoms with Crippen LogP contribution in [-0.2, 0) is 0 Å². The van der Waals surface area contributed by atoms with Gasteiger partial charge in [-0.15, -0.1) is 0 Å². The quantitative estimate of drug-likeness (QED) is 0.618. The van der Waals surface area contributed by atoms with Crippen molar-refractivity contribution in [3.63, 3.8) is 0 Å². The molecule has 2 N–H and O–H groups in total. The van der Waals surface area contributed by atoms with E-state index in [-0.39, 0.29) is 17.0 Å². The topological polar surface area (TPSA) is 43.1 Å². The molecule has 0 saturated carbocycles. The van der Waals surface area contributed by atoms with Gasteiger partial charge >= 0.3 is 0 Å². The lowest BCUT2D eigenvalue weighted by Crippen LogP contribution is -2.07. The Morgan fingerprint density at radius 3 is 2.56 bits per heavy atom. The summed E-state index contributed by atoms with van der Waals surface area (Å²) < 4.78 is 25.8. The molecule has 0 saturated heterocycles. The molecule has 1 aromatic rings. The van der Waals surface area contributed by atoms with Crippen LogP contribution in [-0.4, -0.2) is 5.78 Å². The molecular weight excluding hydrogens is 212 g/mol. The molecule has 0 amide bonds. The summed E-state index contributed by atoms with van der Waals surface area (Å²) in [5, 5.41) is 0. The second-order valence-corrected chi connectivity index (χ2v) is 3.80. The zero-order valence-electron chi connectivity index (χ0n) is 8.59. The molecule has 0 aliphatic heterocycles. The number of hydrogen-bond donors (Lipinski definition) is 1. The molecule has 0 fully saturated rings. The van der Waals surface area contributed by atoms with Crippen LogP contribution in [0.5, 0.6) is 0 Å². The third kappa shape index (κ3) is 1.83. The summed E-state index contributed by atoms with van der Waals surface area (Å²) in [6.07, 6.45) is 4.27. The first-order valence-corrected chi connectivity index (χ1v) is 5.08. The lowest BCUT2D eigenvalue weighted by atomic mass is 10.0. The van der Waals surface area contributed by atoms with Gasteiger partial charge in [0.1, 0.15) is 0 Å². The van der Waals surface area contributed by atoms with Crippen LogP contribution < -0.4 is 5.73 Å². The molecule has 1 aliphatic rings. The van der Waals surface area contributed by atoms with E-state index in [1.165, 1.54) is 0 Å². The average Bonchev–Trinajstić information content (AvgIpc) is 2.75. The van der Waals surface area contributed by atoms with Crippen molar-refractivity contribution < 1.29 is 13.6 Å². The largest absolute Gasteiger partial charge is 0.398 e. The number of halogens is 2. The van der Waals surface area contributed by atoms with Gasteiger partial charge in [0.25, 0.3) is 0 Å². The summed E-state index contributed by atoms with van der Waals surface area (Å²) in [7, 11) is 0. The second-order valence-electron chi connectivity index (χ2n) is 3.80. The van der Waals surface area contributed by atoms with Crippen LogP contribution in [0.1, 0.15) is 29.6 Å². The van der Waals surface area contributed by atoms with E-state index in [2.05, 4.69) is 0 Å². The van der Waals surface area contributed by atoms with Gasteiger partial charge in [0.05, 0.1) is 0 Å². The smallest absolute Gasteiger partial charge is 0.190 e. The molecule has 84 valence electrons. The summed E-state index contributed by atoms with van der Waals surface area (Å²) in [6.45, 7) is 0. The first-order valence-electron chi connectivity index (χ1n) is 5.08. The minimum absolute atomic E-state index is 0.0169. The molecule has 16 heavy (non-hydrogen) atoms. The first-order chi connectivity index (χ1) is 7.59. The number of nitrogen functional groups attached to an aromatic ring is 1. The molecular formula is C12H11F2NO. The molecule has 0 spiro atoms. The molecule has 4 heteroatoms. The Morgan fingerprint density at radius 2 is 1.94 bits per heavy atom. The van der Waals surface area contributed by atoms with Crippen molar-refractivity contribution in [3.05, 3.63) is 41.0 Å². The number of benzene rings is 1. The molecule has 1 aliphatic carbocycles. The summed E-state index contributed by atoms with van der Waals surface area (Å²) in [5.74, 6) is -2.38. The SMILES string of the molecule is Nc1cc(F)c(F)cc1C(=O)C1=CCCC1. The van der Waals surface area contributed by atoms with E-state index in [1.807, 2.05) is 6.08 Å². The summed E-state index contributed by atoms with van der Waals surface area (Å²) >= 11 is 0. The fourth-order valence-electron chi connectivity index (χ4n) is 1.81. The molecule has 0 unspecified atom stereocenters. The maximum Gasteiger partial charge on any atom is 0.190 e. The van der Waals surface area contributed by atoms with Gasteiger partial charge in [-0.25, -0.2) is 8.78 Å². The first kappa shape index (κ1) is 10.8. The fourth-order valence-corrected chi connectivity index (χ4v) is 1.81. The monoisotopic (exact) mass is 223 g/mol. The third-order valence-electron chi connectivity index (χ3n) is 2.67. The van der Waals surface area contributed by atoms with Crippen LogP contribution in [0.3, 0.4) is 0 Å². The third-order valence-corrected chi connectivity index (χ3v) is 2.67. The molecule has 2 nitrogen and oxygen atoms in total. The van der Waals surface area contributed by atoms with Crippen LogP contribution in [0.25, 0.3) is 0 Å². The summed E-state index contributed by atoms with van der Waals surface area (Å²) in [5.41, 5.74) is 6.17. The lowest BCUT2D eigenvalue weighted by Gasteiger charge is -2.06. The molecule has 0 bridgehead atoms. The Bertz CT molecular complexity index is 480. The average molecular weight is 223 g/mol. The highest BCUT2D eigenvalue weighted by Crippen LogP contribution is 2.25. The van der Waals surface area contributed by atoms with E-state index < -0.39 is 11.6 Å². The highest BCUT2D eigenvalue weighted by Gasteiger charge is 2.19.